The summed E-state index contributed by atoms with van der Waals surface area (Å²) in [7, 11) is 0. The number of rotatable bonds is 3. The molecule has 0 saturated carbocycles. The third kappa shape index (κ3) is 3.53. The van der Waals surface area contributed by atoms with Gasteiger partial charge in [0.15, 0.2) is 11.5 Å². The molecule has 2 aliphatic rings. The van der Waals surface area contributed by atoms with E-state index in [2.05, 4.69) is 33.8 Å². The van der Waals surface area contributed by atoms with Crippen LogP contribution in [0, 0.1) is 6.92 Å². The van der Waals surface area contributed by atoms with Crippen molar-refractivity contribution in [2.75, 3.05) is 44.3 Å². The molecular weight excluding hydrogens is 338 g/mol. The average Bonchev–Trinajstić information content (AvgIpc) is 2.63. The molecule has 5 nitrogen and oxygen atoms in total. The Morgan fingerprint density at radius 3 is 2.52 bits per heavy atom. The smallest absolute Gasteiger partial charge is 0.161 e. The minimum atomic E-state index is 0.624. The first-order valence-electron chi connectivity index (χ1n) is 8.67. The summed E-state index contributed by atoms with van der Waals surface area (Å²) >= 11 is 6.27. The number of aromatic nitrogens is 1. The second-order valence-electron chi connectivity index (χ2n) is 6.49. The van der Waals surface area contributed by atoms with Crippen LogP contribution < -0.4 is 14.4 Å². The summed E-state index contributed by atoms with van der Waals surface area (Å²) in [5.74, 6) is 2.62. The van der Waals surface area contributed by atoms with Gasteiger partial charge in [0.25, 0.3) is 0 Å². The van der Waals surface area contributed by atoms with Crippen molar-refractivity contribution in [3.8, 4) is 11.5 Å². The third-order valence-electron chi connectivity index (χ3n) is 4.81. The Morgan fingerprint density at radius 2 is 1.80 bits per heavy atom. The molecule has 0 spiro atoms. The predicted octanol–water partition coefficient (Wildman–Crippen LogP) is 3.14. The number of nitrogens with zero attached hydrogens (tertiary/aromatic N) is 3. The molecule has 132 valence electrons. The van der Waals surface area contributed by atoms with E-state index < -0.39 is 0 Å². The number of pyridine rings is 1. The molecule has 3 heterocycles. The predicted molar refractivity (Wildman–Crippen MR) is 98.9 cm³/mol. The monoisotopic (exact) mass is 359 g/mol. The Balaban J connectivity index is 1.41. The largest absolute Gasteiger partial charge is 0.486 e. The molecular formula is C19H22ClN3O2. The molecule has 0 atom stereocenters. The van der Waals surface area contributed by atoms with Crippen LogP contribution >= 0.6 is 11.6 Å². The molecule has 0 N–H and O–H groups in total. The first-order valence-corrected chi connectivity index (χ1v) is 9.05. The molecule has 1 fully saturated rings. The molecule has 0 bridgehead atoms. The third-order valence-corrected chi connectivity index (χ3v) is 5.10. The average molecular weight is 360 g/mol. The highest BCUT2D eigenvalue weighted by molar-refractivity contribution is 6.32. The maximum absolute atomic E-state index is 6.27. The molecule has 6 heteroatoms. The van der Waals surface area contributed by atoms with Crippen LogP contribution in [0.3, 0.4) is 0 Å². The number of benzene rings is 1. The fourth-order valence-corrected chi connectivity index (χ4v) is 3.61. The summed E-state index contributed by atoms with van der Waals surface area (Å²) in [6.45, 7) is 8.15. The van der Waals surface area contributed by atoms with Gasteiger partial charge >= 0.3 is 0 Å². The molecule has 0 aliphatic carbocycles. The molecule has 2 aromatic rings. The normalized spacial score (nSPS) is 17.6. The van der Waals surface area contributed by atoms with Gasteiger partial charge in [-0.3, -0.25) is 4.90 Å². The minimum absolute atomic E-state index is 0.624. The maximum atomic E-state index is 6.27. The molecule has 0 radical (unpaired) electrons. The van der Waals surface area contributed by atoms with Crippen LogP contribution in [0.4, 0.5) is 5.82 Å². The number of piperazine rings is 1. The lowest BCUT2D eigenvalue weighted by molar-refractivity contribution is 0.170. The topological polar surface area (TPSA) is 37.8 Å². The van der Waals surface area contributed by atoms with Gasteiger partial charge in [0, 0.05) is 38.9 Å². The van der Waals surface area contributed by atoms with Gasteiger partial charge in [-0.2, -0.15) is 0 Å². The van der Waals surface area contributed by atoms with E-state index in [1.807, 2.05) is 12.1 Å². The second kappa shape index (κ2) is 7.10. The Labute approximate surface area is 153 Å². The van der Waals surface area contributed by atoms with Crippen LogP contribution in [-0.2, 0) is 6.54 Å². The number of hydrogen-bond acceptors (Lipinski definition) is 5. The molecule has 25 heavy (non-hydrogen) atoms. The Bertz CT molecular complexity index is 760. The van der Waals surface area contributed by atoms with Gasteiger partial charge in [-0.05, 0) is 42.3 Å². The second-order valence-corrected chi connectivity index (χ2v) is 6.90. The molecule has 0 unspecified atom stereocenters. The molecule has 1 aromatic heterocycles. The quantitative estimate of drug-likeness (QED) is 0.841. The van der Waals surface area contributed by atoms with Crippen molar-refractivity contribution in [3.05, 3.63) is 46.6 Å². The van der Waals surface area contributed by atoms with Crippen molar-refractivity contribution in [1.29, 1.82) is 0 Å². The molecule has 0 amide bonds. The van der Waals surface area contributed by atoms with Crippen molar-refractivity contribution in [3.63, 3.8) is 0 Å². The zero-order chi connectivity index (χ0) is 17.2. The van der Waals surface area contributed by atoms with Crippen molar-refractivity contribution >= 4 is 17.4 Å². The SMILES string of the molecule is Cc1cc2c(cc1CN1CCN(c3ncccc3Cl)CC1)OCCO2. The van der Waals surface area contributed by atoms with Gasteiger partial charge < -0.3 is 14.4 Å². The van der Waals surface area contributed by atoms with Crippen LogP contribution in [0.15, 0.2) is 30.5 Å². The summed E-state index contributed by atoms with van der Waals surface area (Å²) in [5, 5.41) is 0.721. The lowest BCUT2D eigenvalue weighted by atomic mass is 10.1. The number of ether oxygens (including phenoxy) is 2. The lowest BCUT2D eigenvalue weighted by Crippen LogP contribution is -2.46. The summed E-state index contributed by atoms with van der Waals surface area (Å²) in [6, 6.07) is 7.99. The molecule has 2 aliphatic heterocycles. The van der Waals surface area contributed by atoms with E-state index >= 15 is 0 Å². The standard InChI is InChI=1S/C19H22ClN3O2/c1-14-11-17-18(25-10-9-24-17)12-15(14)13-22-5-7-23(8-6-22)19-16(20)3-2-4-21-19/h2-4,11-12H,5-10,13H2,1H3. The van der Waals surface area contributed by atoms with Crippen LogP contribution in [0.5, 0.6) is 11.5 Å². The van der Waals surface area contributed by atoms with E-state index in [9.17, 15) is 0 Å². The zero-order valence-corrected chi connectivity index (χ0v) is 15.1. The first-order chi connectivity index (χ1) is 12.2. The molecule has 1 aromatic carbocycles. The van der Waals surface area contributed by atoms with Crippen LogP contribution in [0.25, 0.3) is 0 Å². The van der Waals surface area contributed by atoms with E-state index in [1.165, 1.54) is 11.1 Å². The summed E-state index contributed by atoms with van der Waals surface area (Å²) in [4.78, 5) is 9.14. The molecule has 1 saturated heterocycles. The van der Waals surface area contributed by atoms with Gasteiger partial charge in [0.1, 0.15) is 19.0 Å². The van der Waals surface area contributed by atoms with Gasteiger partial charge in [0.05, 0.1) is 5.02 Å². The van der Waals surface area contributed by atoms with E-state index in [4.69, 9.17) is 21.1 Å². The van der Waals surface area contributed by atoms with Crippen molar-refractivity contribution in [2.45, 2.75) is 13.5 Å². The lowest BCUT2D eigenvalue weighted by Gasteiger charge is -2.36. The Hall–Kier alpha value is -1.98. The Morgan fingerprint density at radius 1 is 1.08 bits per heavy atom. The number of halogens is 1. The van der Waals surface area contributed by atoms with Crippen LogP contribution in [0.1, 0.15) is 11.1 Å². The highest BCUT2D eigenvalue weighted by Crippen LogP contribution is 2.33. The zero-order valence-electron chi connectivity index (χ0n) is 14.4. The Kier molecular flexibility index (Phi) is 4.68. The highest BCUT2D eigenvalue weighted by Gasteiger charge is 2.21. The van der Waals surface area contributed by atoms with Crippen molar-refractivity contribution in [2.24, 2.45) is 0 Å². The number of aryl methyl sites for hydroxylation is 1. The van der Waals surface area contributed by atoms with Crippen molar-refractivity contribution in [1.82, 2.24) is 9.88 Å². The first kappa shape index (κ1) is 16.5. The van der Waals surface area contributed by atoms with Crippen molar-refractivity contribution < 1.29 is 9.47 Å². The summed E-state index contributed by atoms with van der Waals surface area (Å²) < 4.78 is 11.4. The molecule has 4 rings (SSSR count). The highest BCUT2D eigenvalue weighted by atomic mass is 35.5. The number of hydrogen-bond donors (Lipinski definition) is 0. The minimum Gasteiger partial charge on any atom is -0.486 e. The van der Waals surface area contributed by atoms with E-state index in [-0.39, 0.29) is 0 Å². The van der Waals surface area contributed by atoms with Gasteiger partial charge in [-0.15, -0.1) is 0 Å². The van der Waals surface area contributed by atoms with E-state index in [0.717, 1.165) is 55.1 Å². The number of anilines is 1. The van der Waals surface area contributed by atoms with E-state index in [1.54, 1.807) is 6.20 Å². The fraction of sp³-hybridized carbons (Fsp3) is 0.421. The van der Waals surface area contributed by atoms with Crippen LogP contribution in [0.2, 0.25) is 5.02 Å². The number of fused-ring (bicyclic) bond motifs is 1. The van der Waals surface area contributed by atoms with E-state index in [0.29, 0.717) is 13.2 Å². The fourth-order valence-electron chi connectivity index (χ4n) is 3.37. The van der Waals surface area contributed by atoms with Gasteiger partial charge in [-0.1, -0.05) is 11.6 Å². The maximum Gasteiger partial charge on any atom is 0.161 e. The van der Waals surface area contributed by atoms with Gasteiger partial charge in [0.2, 0.25) is 0 Å². The van der Waals surface area contributed by atoms with Crippen LogP contribution in [-0.4, -0.2) is 49.3 Å². The summed E-state index contributed by atoms with van der Waals surface area (Å²) in [5.41, 5.74) is 2.55. The van der Waals surface area contributed by atoms with Gasteiger partial charge in [-0.25, -0.2) is 4.98 Å². The summed E-state index contributed by atoms with van der Waals surface area (Å²) in [6.07, 6.45) is 1.80.